The first-order valence-electron chi connectivity index (χ1n) is 6.50. The van der Waals surface area contributed by atoms with Gasteiger partial charge in [-0.1, -0.05) is 12.1 Å². The Labute approximate surface area is 126 Å². The van der Waals surface area contributed by atoms with Gasteiger partial charge >= 0.3 is 6.09 Å². The largest absolute Gasteiger partial charge is 0.453 e. The second kappa shape index (κ2) is 6.74. The number of carbonyl (C=O) groups is 2. The topological polar surface area (TPSA) is 58.6 Å². The van der Waals surface area contributed by atoms with E-state index in [4.69, 9.17) is 0 Å². The first-order chi connectivity index (χ1) is 9.61. The van der Waals surface area contributed by atoms with E-state index in [-0.39, 0.29) is 18.0 Å². The van der Waals surface area contributed by atoms with Crippen molar-refractivity contribution in [1.82, 2.24) is 10.2 Å². The fourth-order valence-electron chi connectivity index (χ4n) is 2.24. The average molecular weight is 341 g/mol. The number of hydrogen-bond donors (Lipinski definition) is 1. The van der Waals surface area contributed by atoms with Crippen molar-refractivity contribution in [2.75, 3.05) is 20.2 Å². The van der Waals surface area contributed by atoms with Gasteiger partial charge in [0.15, 0.2) is 0 Å². The third-order valence-corrected chi connectivity index (χ3v) is 4.07. The van der Waals surface area contributed by atoms with E-state index in [1.54, 1.807) is 11.0 Å². The molecule has 0 aliphatic carbocycles. The molecule has 6 heteroatoms. The first kappa shape index (κ1) is 14.8. The molecule has 1 fully saturated rings. The summed E-state index contributed by atoms with van der Waals surface area (Å²) in [5, 5.41) is 3.01. The lowest BCUT2D eigenvalue weighted by Crippen LogP contribution is -2.46. The number of benzene rings is 1. The molecule has 0 bridgehead atoms. The van der Waals surface area contributed by atoms with Gasteiger partial charge in [-0.2, -0.15) is 0 Å². The number of amides is 2. The lowest BCUT2D eigenvalue weighted by molar-refractivity contribution is 0.0891. The van der Waals surface area contributed by atoms with Crippen LogP contribution in [0.4, 0.5) is 4.79 Å². The van der Waals surface area contributed by atoms with Crippen LogP contribution in [-0.2, 0) is 4.74 Å². The number of nitrogens with zero attached hydrogens (tertiary/aromatic N) is 1. The molecule has 0 aromatic heterocycles. The molecule has 0 spiro atoms. The van der Waals surface area contributed by atoms with Crippen molar-refractivity contribution < 1.29 is 14.3 Å². The van der Waals surface area contributed by atoms with Crippen LogP contribution in [0.2, 0.25) is 0 Å². The summed E-state index contributed by atoms with van der Waals surface area (Å²) < 4.78 is 5.47. The van der Waals surface area contributed by atoms with Crippen LogP contribution in [0.3, 0.4) is 0 Å². The number of halogens is 1. The van der Waals surface area contributed by atoms with Gasteiger partial charge in [-0.3, -0.25) is 4.79 Å². The molecule has 2 rings (SSSR count). The van der Waals surface area contributed by atoms with Gasteiger partial charge in [0.2, 0.25) is 0 Å². The smallest absolute Gasteiger partial charge is 0.409 e. The molecule has 1 aromatic carbocycles. The minimum atomic E-state index is -0.305. The van der Waals surface area contributed by atoms with Crippen molar-refractivity contribution in [3.63, 3.8) is 0 Å². The fraction of sp³-hybridized carbons (Fsp3) is 0.429. The summed E-state index contributed by atoms with van der Waals surface area (Å²) in [6, 6.07) is 7.42. The first-order valence-corrected chi connectivity index (χ1v) is 7.29. The van der Waals surface area contributed by atoms with Gasteiger partial charge < -0.3 is 15.0 Å². The van der Waals surface area contributed by atoms with Crippen molar-refractivity contribution in [3.8, 4) is 0 Å². The summed E-state index contributed by atoms with van der Waals surface area (Å²) in [5.41, 5.74) is 0.628. The predicted octanol–water partition coefficient (Wildman–Crippen LogP) is 2.41. The molecule has 1 aromatic rings. The minimum Gasteiger partial charge on any atom is -0.453 e. The predicted molar refractivity (Wildman–Crippen MR) is 78.6 cm³/mol. The molecule has 2 amide bonds. The van der Waals surface area contributed by atoms with E-state index in [2.05, 4.69) is 26.0 Å². The summed E-state index contributed by atoms with van der Waals surface area (Å²) in [4.78, 5) is 25.2. The molecule has 20 heavy (non-hydrogen) atoms. The summed E-state index contributed by atoms with van der Waals surface area (Å²) in [7, 11) is 1.38. The van der Waals surface area contributed by atoms with E-state index in [1.807, 2.05) is 18.2 Å². The molecule has 0 radical (unpaired) electrons. The van der Waals surface area contributed by atoms with Crippen molar-refractivity contribution in [2.24, 2.45) is 0 Å². The molecule has 1 aliphatic heterocycles. The van der Waals surface area contributed by atoms with E-state index in [9.17, 15) is 9.59 Å². The third kappa shape index (κ3) is 3.50. The lowest BCUT2D eigenvalue weighted by atomic mass is 10.0. The number of methoxy groups -OCH3 is 1. The zero-order valence-electron chi connectivity index (χ0n) is 11.3. The van der Waals surface area contributed by atoms with Crippen molar-refractivity contribution in [1.29, 1.82) is 0 Å². The molecule has 1 N–H and O–H groups in total. The maximum absolute atomic E-state index is 12.2. The fourth-order valence-corrected chi connectivity index (χ4v) is 2.71. The molecular weight excluding hydrogens is 324 g/mol. The van der Waals surface area contributed by atoms with Crippen LogP contribution in [0.1, 0.15) is 23.2 Å². The summed E-state index contributed by atoms with van der Waals surface area (Å²) >= 11 is 3.37. The molecule has 0 atom stereocenters. The number of hydrogen-bond acceptors (Lipinski definition) is 3. The molecule has 1 aliphatic rings. The molecule has 1 saturated heterocycles. The lowest BCUT2D eigenvalue weighted by Gasteiger charge is -2.31. The Hall–Kier alpha value is -1.56. The van der Waals surface area contributed by atoms with Crippen LogP contribution in [0, 0.1) is 0 Å². The normalized spacial score (nSPS) is 15.8. The zero-order valence-corrected chi connectivity index (χ0v) is 12.9. The van der Waals surface area contributed by atoms with E-state index in [0.717, 1.165) is 17.3 Å². The highest BCUT2D eigenvalue weighted by Crippen LogP contribution is 2.17. The van der Waals surface area contributed by atoms with Gasteiger partial charge in [0.1, 0.15) is 0 Å². The highest BCUT2D eigenvalue weighted by Gasteiger charge is 2.24. The highest BCUT2D eigenvalue weighted by atomic mass is 79.9. The second-order valence-electron chi connectivity index (χ2n) is 4.68. The summed E-state index contributed by atoms with van der Waals surface area (Å²) in [6.45, 7) is 1.21. The maximum atomic E-state index is 12.2. The molecule has 5 nitrogen and oxygen atoms in total. The number of carbonyl (C=O) groups excluding carboxylic acids is 2. The Balaban J connectivity index is 1.88. The third-order valence-electron chi connectivity index (χ3n) is 3.38. The number of rotatable bonds is 2. The van der Waals surface area contributed by atoms with Crippen LogP contribution in [-0.4, -0.2) is 43.1 Å². The SMILES string of the molecule is COC(=O)N1CCC(NC(=O)c2ccccc2Br)CC1. The van der Waals surface area contributed by atoms with Gasteiger partial charge in [0.05, 0.1) is 12.7 Å². The number of ether oxygens (including phenoxy) is 1. The molecule has 0 saturated carbocycles. The molecule has 108 valence electrons. The molecule has 0 unspecified atom stereocenters. The summed E-state index contributed by atoms with van der Waals surface area (Å²) in [5.74, 6) is -0.0889. The second-order valence-corrected chi connectivity index (χ2v) is 5.54. The van der Waals surface area contributed by atoms with Crippen LogP contribution in [0.15, 0.2) is 28.7 Å². The maximum Gasteiger partial charge on any atom is 0.409 e. The summed E-state index contributed by atoms with van der Waals surface area (Å²) in [6.07, 6.45) is 1.18. The Morgan fingerprint density at radius 3 is 2.55 bits per heavy atom. The van der Waals surface area contributed by atoms with Crippen LogP contribution < -0.4 is 5.32 Å². The van der Waals surface area contributed by atoms with Crippen LogP contribution >= 0.6 is 15.9 Å². The van der Waals surface area contributed by atoms with Crippen LogP contribution in [0.25, 0.3) is 0 Å². The Bertz CT molecular complexity index is 499. The van der Waals surface area contributed by atoms with E-state index < -0.39 is 0 Å². The quantitative estimate of drug-likeness (QED) is 0.899. The monoisotopic (exact) mass is 340 g/mol. The number of piperidine rings is 1. The molecular formula is C14H17BrN2O3. The van der Waals surface area contributed by atoms with Crippen molar-refractivity contribution in [3.05, 3.63) is 34.3 Å². The van der Waals surface area contributed by atoms with E-state index in [1.165, 1.54) is 7.11 Å². The molecule has 1 heterocycles. The standard InChI is InChI=1S/C14H17BrN2O3/c1-20-14(19)17-8-6-10(7-9-17)16-13(18)11-4-2-3-5-12(11)15/h2-5,10H,6-9H2,1H3,(H,16,18). The van der Waals surface area contributed by atoms with Gasteiger partial charge in [-0.15, -0.1) is 0 Å². The number of nitrogens with one attached hydrogen (secondary N) is 1. The highest BCUT2D eigenvalue weighted by molar-refractivity contribution is 9.10. The Morgan fingerprint density at radius 1 is 1.30 bits per heavy atom. The Morgan fingerprint density at radius 2 is 1.95 bits per heavy atom. The van der Waals surface area contributed by atoms with Crippen LogP contribution in [0.5, 0.6) is 0 Å². The van der Waals surface area contributed by atoms with E-state index in [0.29, 0.717) is 18.7 Å². The average Bonchev–Trinajstić information content (AvgIpc) is 2.47. The van der Waals surface area contributed by atoms with Crippen molar-refractivity contribution in [2.45, 2.75) is 18.9 Å². The van der Waals surface area contributed by atoms with Gasteiger partial charge in [0, 0.05) is 23.6 Å². The zero-order chi connectivity index (χ0) is 14.5. The minimum absolute atomic E-state index is 0.0889. The van der Waals surface area contributed by atoms with Crippen molar-refractivity contribution >= 4 is 27.9 Å². The Kier molecular flexibility index (Phi) is 5.00. The number of likely N-dealkylation sites (tertiary alicyclic amines) is 1. The van der Waals surface area contributed by atoms with Gasteiger partial charge in [-0.25, -0.2) is 4.79 Å². The van der Waals surface area contributed by atoms with Gasteiger partial charge in [0.25, 0.3) is 5.91 Å². The van der Waals surface area contributed by atoms with E-state index >= 15 is 0 Å². The van der Waals surface area contributed by atoms with Gasteiger partial charge in [-0.05, 0) is 40.9 Å².